The Morgan fingerprint density at radius 3 is 1.49 bits per heavy atom. The Hall–Kier alpha value is -2.13. The van der Waals surface area contributed by atoms with Crippen LogP contribution >= 0.6 is 0 Å². The number of rotatable bonds is 40. The van der Waals surface area contributed by atoms with Crippen molar-refractivity contribution in [2.45, 2.75) is 237 Å². The van der Waals surface area contributed by atoms with Gasteiger partial charge in [0.1, 0.15) is 36.8 Å². The summed E-state index contributed by atoms with van der Waals surface area (Å²) >= 11 is 0. The van der Waals surface area contributed by atoms with E-state index in [-0.39, 0.29) is 19.4 Å². The first-order valence-corrected chi connectivity index (χ1v) is 25.7. The summed E-state index contributed by atoms with van der Waals surface area (Å²) in [5, 5.41) is 30.9. The van der Waals surface area contributed by atoms with Crippen molar-refractivity contribution in [3.8, 4) is 0 Å². The predicted molar refractivity (Wildman–Crippen MR) is 243 cm³/mol. The zero-order valence-corrected chi connectivity index (χ0v) is 38.8. The zero-order chi connectivity index (χ0) is 44.8. The molecule has 0 aromatic carbocycles. The van der Waals surface area contributed by atoms with E-state index in [0.717, 1.165) is 64.2 Å². The summed E-state index contributed by atoms with van der Waals surface area (Å²) in [6.07, 6.45) is 34.7. The lowest BCUT2D eigenvalue weighted by Gasteiger charge is -2.40. The highest BCUT2D eigenvalue weighted by atomic mass is 32.2. The van der Waals surface area contributed by atoms with Gasteiger partial charge in [-0.05, 0) is 51.4 Å². The van der Waals surface area contributed by atoms with Gasteiger partial charge in [0.05, 0.1) is 6.61 Å². The van der Waals surface area contributed by atoms with Gasteiger partial charge >= 0.3 is 11.9 Å². The molecule has 356 valence electrons. The van der Waals surface area contributed by atoms with Crippen LogP contribution in [0.5, 0.6) is 0 Å². The highest BCUT2D eigenvalue weighted by Gasteiger charge is 2.46. The van der Waals surface area contributed by atoms with Crippen LogP contribution in [0.4, 0.5) is 0 Å². The molecule has 2 unspecified atom stereocenters. The number of carbonyl (C=O) groups is 2. The fraction of sp³-hybridized carbons (Fsp3) is 0.833. The summed E-state index contributed by atoms with van der Waals surface area (Å²) in [7, 11) is -4.61. The molecule has 6 atom stereocenters. The van der Waals surface area contributed by atoms with Crippen LogP contribution in [0.25, 0.3) is 0 Å². The molecule has 1 aliphatic heterocycles. The molecule has 0 aliphatic carbocycles. The van der Waals surface area contributed by atoms with Crippen LogP contribution in [0.1, 0.15) is 200 Å². The number of hydrogen-bond donors (Lipinski definition) is 4. The van der Waals surface area contributed by atoms with Gasteiger partial charge in [0, 0.05) is 12.8 Å². The smallest absolute Gasteiger partial charge is 0.306 e. The Morgan fingerprint density at radius 2 is 0.984 bits per heavy atom. The standard InChI is InChI=1S/C48H86O12S/c1-3-5-7-9-11-13-15-17-19-21-23-25-27-29-31-33-35-37-44(50)59-41(39-58-48-47(53)46(52)45(51)42(60-48)40-61(54,55)56)38-57-43(49)36-34-32-30-28-26-24-22-20-18-16-14-12-10-8-6-4-2/h11,13,17,19,23,25,41-42,45-48,51-53H,3-10,12,14-16,18,20-22,24,26-40H2,1-2H3,(H,54,55,56)/b13-11+,19-17+,25-23+/t41-,42-,45-,46?,47?,48+/m1/s1. The highest BCUT2D eigenvalue weighted by molar-refractivity contribution is 7.85. The molecule has 0 amide bonds. The summed E-state index contributed by atoms with van der Waals surface area (Å²) in [5.74, 6) is -2.00. The van der Waals surface area contributed by atoms with E-state index >= 15 is 0 Å². The number of allylic oxidation sites excluding steroid dienone is 6. The number of esters is 2. The minimum Gasteiger partial charge on any atom is -0.462 e. The first-order chi connectivity index (χ1) is 29.5. The molecule has 1 heterocycles. The van der Waals surface area contributed by atoms with Crippen molar-refractivity contribution < 1.29 is 56.8 Å². The average Bonchev–Trinajstić information content (AvgIpc) is 3.22. The molecule has 0 aromatic heterocycles. The molecule has 61 heavy (non-hydrogen) atoms. The van der Waals surface area contributed by atoms with Crippen molar-refractivity contribution in [2.75, 3.05) is 19.0 Å². The molecule has 0 radical (unpaired) electrons. The number of aliphatic hydroxyl groups excluding tert-OH is 3. The normalized spacial score (nSPS) is 20.3. The molecule has 1 rings (SSSR count). The van der Waals surface area contributed by atoms with Crippen LogP contribution in [0, 0.1) is 0 Å². The van der Waals surface area contributed by atoms with E-state index in [1.165, 1.54) is 96.3 Å². The number of hydrogen-bond acceptors (Lipinski definition) is 11. The largest absolute Gasteiger partial charge is 0.462 e. The van der Waals surface area contributed by atoms with Gasteiger partial charge in [0.25, 0.3) is 10.1 Å². The maximum atomic E-state index is 12.8. The molecule has 1 saturated heterocycles. The molecule has 0 saturated carbocycles. The Kier molecular flexibility index (Phi) is 35.8. The minimum absolute atomic E-state index is 0.140. The van der Waals surface area contributed by atoms with Gasteiger partial charge in [0.2, 0.25) is 0 Å². The minimum atomic E-state index is -4.61. The van der Waals surface area contributed by atoms with Gasteiger partial charge in [-0.1, -0.05) is 172 Å². The maximum absolute atomic E-state index is 12.8. The summed E-state index contributed by atoms with van der Waals surface area (Å²) in [6, 6.07) is 0. The molecule has 0 aromatic rings. The molecule has 4 N–H and O–H groups in total. The number of unbranched alkanes of at least 4 members (excludes halogenated alkanes) is 22. The third kappa shape index (κ3) is 33.1. The lowest BCUT2D eigenvalue weighted by molar-refractivity contribution is -0.297. The SMILES string of the molecule is CCCCC/C=C/C/C=C/C/C=C/CCCCCCC(=O)O[C@H](COC(=O)CCCCCCCCCCCCCCCCCC)CO[C@H]1O[C@H](CS(=O)(=O)O)[C@@H](O)C(O)C1O. The third-order valence-corrected chi connectivity index (χ3v) is 11.7. The molecule has 12 nitrogen and oxygen atoms in total. The molecular weight excluding hydrogens is 801 g/mol. The second-order valence-corrected chi connectivity index (χ2v) is 18.3. The van der Waals surface area contributed by atoms with Crippen LogP contribution in [-0.4, -0.2) is 96.0 Å². The Bertz CT molecular complexity index is 1270. The van der Waals surface area contributed by atoms with Gasteiger partial charge in [0.15, 0.2) is 12.4 Å². The zero-order valence-electron chi connectivity index (χ0n) is 38.0. The Balaban J connectivity index is 2.43. The summed E-state index contributed by atoms with van der Waals surface area (Å²) < 4.78 is 54.1. The van der Waals surface area contributed by atoms with E-state index < -0.39 is 71.2 Å². The Labute approximate surface area is 370 Å². The first-order valence-electron chi connectivity index (χ1n) is 24.0. The predicted octanol–water partition coefficient (Wildman–Crippen LogP) is 10.2. The van der Waals surface area contributed by atoms with Gasteiger partial charge in [-0.25, -0.2) is 0 Å². The van der Waals surface area contributed by atoms with Crippen LogP contribution in [-0.2, 0) is 38.7 Å². The molecule has 13 heteroatoms. The average molecular weight is 887 g/mol. The molecule has 0 spiro atoms. The lowest BCUT2D eigenvalue weighted by Crippen LogP contribution is -2.60. The van der Waals surface area contributed by atoms with Crippen LogP contribution in [0.15, 0.2) is 36.5 Å². The van der Waals surface area contributed by atoms with Gasteiger partial charge in [-0.15, -0.1) is 0 Å². The van der Waals surface area contributed by atoms with E-state index in [0.29, 0.717) is 12.8 Å². The third-order valence-electron chi connectivity index (χ3n) is 11.0. The van der Waals surface area contributed by atoms with E-state index in [1.807, 2.05) is 0 Å². The topological polar surface area (TPSA) is 186 Å². The molecule has 0 bridgehead atoms. The van der Waals surface area contributed by atoms with Gasteiger partial charge in [-0.3, -0.25) is 14.1 Å². The van der Waals surface area contributed by atoms with Crippen LogP contribution in [0.2, 0.25) is 0 Å². The second-order valence-electron chi connectivity index (χ2n) is 16.8. The monoisotopic (exact) mass is 887 g/mol. The van der Waals surface area contributed by atoms with Crippen molar-refractivity contribution >= 4 is 22.1 Å². The lowest BCUT2D eigenvalue weighted by atomic mass is 10.00. The second kappa shape index (κ2) is 38.3. The highest BCUT2D eigenvalue weighted by Crippen LogP contribution is 2.24. The summed E-state index contributed by atoms with van der Waals surface area (Å²) in [6.45, 7) is 3.73. The number of carbonyl (C=O) groups excluding carboxylic acids is 2. The van der Waals surface area contributed by atoms with E-state index in [4.69, 9.17) is 18.9 Å². The van der Waals surface area contributed by atoms with Crippen molar-refractivity contribution in [1.29, 1.82) is 0 Å². The van der Waals surface area contributed by atoms with Gasteiger partial charge < -0.3 is 34.3 Å². The quantitative estimate of drug-likeness (QED) is 0.0198. The Morgan fingerprint density at radius 1 is 0.557 bits per heavy atom. The van der Waals surface area contributed by atoms with E-state index in [9.17, 15) is 37.9 Å². The van der Waals surface area contributed by atoms with Crippen molar-refractivity contribution in [2.24, 2.45) is 0 Å². The van der Waals surface area contributed by atoms with Crippen molar-refractivity contribution in [1.82, 2.24) is 0 Å². The maximum Gasteiger partial charge on any atom is 0.306 e. The number of ether oxygens (including phenoxy) is 4. The summed E-state index contributed by atoms with van der Waals surface area (Å²) in [5.41, 5.74) is 0. The molecular formula is C48H86O12S. The fourth-order valence-corrected chi connectivity index (χ4v) is 7.90. The number of aliphatic hydroxyl groups is 3. The summed E-state index contributed by atoms with van der Waals surface area (Å²) in [4.78, 5) is 25.4. The van der Waals surface area contributed by atoms with E-state index in [1.54, 1.807) is 0 Å². The van der Waals surface area contributed by atoms with Crippen molar-refractivity contribution in [3.05, 3.63) is 36.5 Å². The van der Waals surface area contributed by atoms with Crippen LogP contribution < -0.4 is 0 Å². The van der Waals surface area contributed by atoms with E-state index in [2.05, 4.69) is 50.3 Å². The fourth-order valence-electron chi connectivity index (χ4n) is 7.21. The molecule has 1 aliphatic rings. The van der Waals surface area contributed by atoms with Gasteiger partial charge in [-0.2, -0.15) is 8.42 Å². The first kappa shape index (κ1) is 56.9. The van der Waals surface area contributed by atoms with Crippen molar-refractivity contribution in [3.63, 3.8) is 0 Å². The van der Waals surface area contributed by atoms with Crippen LogP contribution in [0.3, 0.4) is 0 Å². The molecule has 1 fully saturated rings.